The number of nitrogens with zero attached hydrogens (tertiary/aromatic N) is 1. The lowest BCUT2D eigenvalue weighted by Gasteiger charge is -2.14. The summed E-state index contributed by atoms with van der Waals surface area (Å²) in [6, 6.07) is 12.0. The fourth-order valence-electron chi connectivity index (χ4n) is 1.81. The van der Waals surface area contributed by atoms with Gasteiger partial charge in [-0.05, 0) is 30.2 Å². The van der Waals surface area contributed by atoms with Gasteiger partial charge in [-0.1, -0.05) is 40.2 Å². The van der Waals surface area contributed by atoms with Crippen LogP contribution in [0.25, 0.3) is 0 Å². The number of benzene rings is 1. The fourth-order valence-corrected chi connectivity index (χ4v) is 2.37. The Morgan fingerprint density at radius 3 is 2.76 bits per heavy atom. The number of halogens is 1. The van der Waals surface area contributed by atoms with Gasteiger partial charge in [0.25, 0.3) is 0 Å². The van der Waals surface area contributed by atoms with Crippen molar-refractivity contribution in [1.82, 2.24) is 4.98 Å². The molecule has 17 heavy (non-hydrogen) atoms. The normalized spacial score (nSPS) is 12.4. The van der Waals surface area contributed by atoms with Gasteiger partial charge in [-0.3, -0.25) is 4.98 Å². The lowest BCUT2D eigenvalue weighted by atomic mass is 10.0. The van der Waals surface area contributed by atoms with E-state index in [0.717, 1.165) is 22.2 Å². The molecule has 1 atom stereocenters. The van der Waals surface area contributed by atoms with Crippen LogP contribution in [-0.4, -0.2) is 4.98 Å². The Labute approximate surface area is 110 Å². The molecule has 1 unspecified atom stereocenters. The van der Waals surface area contributed by atoms with Gasteiger partial charge in [0.1, 0.15) is 0 Å². The molecule has 3 heteroatoms. The molecule has 0 spiro atoms. The van der Waals surface area contributed by atoms with Crippen molar-refractivity contribution in [2.24, 2.45) is 5.73 Å². The lowest BCUT2D eigenvalue weighted by molar-refractivity contribution is 0.702. The van der Waals surface area contributed by atoms with Crippen LogP contribution < -0.4 is 5.73 Å². The average molecular weight is 291 g/mol. The fraction of sp³-hybridized carbons (Fsp3) is 0.214. The molecular formula is C14H15BrN2. The van der Waals surface area contributed by atoms with Crippen LogP contribution in [0.3, 0.4) is 0 Å². The van der Waals surface area contributed by atoms with E-state index < -0.39 is 0 Å². The van der Waals surface area contributed by atoms with Crippen LogP contribution in [-0.2, 0) is 6.42 Å². The largest absolute Gasteiger partial charge is 0.324 e. The molecule has 88 valence electrons. The van der Waals surface area contributed by atoms with Crippen molar-refractivity contribution >= 4 is 15.9 Å². The molecular weight excluding hydrogens is 276 g/mol. The van der Waals surface area contributed by atoms with Crippen molar-refractivity contribution in [2.75, 3.05) is 0 Å². The maximum absolute atomic E-state index is 6.23. The van der Waals surface area contributed by atoms with Gasteiger partial charge in [0, 0.05) is 28.8 Å². The molecule has 0 aliphatic carbocycles. The first kappa shape index (κ1) is 12.3. The van der Waals surface area contributed by atoms with Crippen LogP contribution >= 0.6 is 15.9 Å². The zero-order valence-corrected chi connectivity index (χ0v) is 11.3. The van der Waals surface area contributed by atoms with Crippen molar-refractivity contribution in [3.05, 3.63) is 63.9 Å². The Hall–Kier alpha value is -1.19. The molecule has 2 N–H and O–H groups in total. The molecule has 1 aromatic carbocycles. The highest BCUT2D eigenvalue weighted by Crippen LogP contribution is 2.26. The summed E-state index contributed by atoms with van der Waals surface area (Å²) in [7, 11) is 0. The first-order valence-electron chi connectivity index (χ1n) is 5.59. The predicted octanol–water partition coefficient (Wildman–Crippen LogP) is 3.40. The summed E-state index contributed by atoms with van der Waals surface area (Å²) in [5.74, 6) is 0. The van der Waals surface area contributed by atoms with Crippen molar-refractivity contribution in [3.8, 4) is 0 Å². The first-order chi connectivity index (χ1) is 8.18. The third kappa shape index (κ3) is 2.93. The Morgan fingerprint density at radius 1 is 1.24 bits per heavy atom. The van der Waals surface area contributed by atoms with Crippen molar-refractivity contribution in [2.45, 2.75) is 19.4 Å². The molecule has 1 heterocycles. The third-order valence-electron chi connectivity index (χ3n) is 2.78. The van der Waals surface area contributed by atoms with Crippen LogP contribution in [0.1, 0.15) is 22.9 Å². The molecule has 2 aromatic rings. The highest BCUT2D eigenvalue weighted by atomic mass is 79.9. The molecule has 0 aliphatic heterocycles. The quantitative estimate of drug-likeness (QED) is 0.941. The summed E-state index contributed by atoms with van der Waals surface area (Å²) in [6.07, 6.45) is 2.55. The molecule has 0 fully saturated rings. The zero-order chi connectivity index (χ0) is 12.3. The molecule has 0 aliphatic rings. The summed E-state index contributed by atoms with van der Waals surface area (Å²) >= 11 is 3.59. The van der Waals surface area contributed by atoms with Gasteiger partial charge in [-0.25, -0.2) is 0 Å². The SMILES string of the molecule is Cc1cccc(C(N)Cc2ccccn2)c1Br. The summed E-state index contributed by atoms with van der Waals surface area (Å²) < 4.78 is 1.10. The Morgan fingerprint density at radius 2 is 2.06 bits per heavy atom. The average Bonchev–Trinajstić information content (AvgIpc) is 2.34. The summed E-state index contributed by atoms with van der Waals surface area (Å²) in [4.78, 5) is 4.30. The van der Waals surface area contributed by atoms with Crippen LogP contribution in [0.15, 0.2) is 47.1 Å². The number of nitrogens with two attached hydrogens (primary N) is 1. The van der Waals surface area contributed by atoms with E-state index >= 15 is 0 Å². The highest BCUT2D eigenvalue weighted by molar-refractivity contribution is 9.10. The van der Waals surface area contributed by atoms with Crippen LogP contribution in [0, 0.1) is 6.92 Å². The van der Waals surface area contributed by atoms with E-state index in [1.165, 1.54) is 5.56 Å². The third-order valence-corrected chi connectivity index (χ3v) is 3.86. The maximum Gasteiger partial charge on any atom is 0.0422 e. The second-order valence-corrected chi connectivity index (χ2v) is 4.90. The number of hydrogen-bond acceptors (Lipinski definition) is 2. The minimum Gasteiger partial charge on any atom is -0.324 e. The Balaban J connectivity index is 2.20. The number of aromatic nitrogens is 1. The first-order valence-corrected chi connectivity index (χ1v) is 6.38. The second-order valence-electron chi connectivity index (χ2n) is 4.11. The van der Waals surface area contributed by atoms with Gasteiger partial charge < -0.3 is 5.73 Å². The lowest BCUT2D eigenvalue weighted by Crippen LogP contribution is -2.15. The van der Waals surface area contributed by atoms with E-state index in [2.05, 4.69) is 40.0 Å². The van der Waals surface area contributed by atoms with Gasteiger partial charge >= 0.3 is 0 Å². The van der Waals surface area contributed by atoms with Crippen LogP contribution in [0.4, 0.5) is 0 Å². The zero-order valence-electron chi connectivity index (χ0n) is 9.73. The standard InChI is InChI=1S/C14H15BrN2/c1-10-5-4-7-12(14(10)15)13(16)9-11-6-2-3-8-17-11/h2-8,13H,9,16H2,1H3. The highest BCUT2D eigenvalue weighted by Gasteiger charge is 2.12. The Kier molecular flexibility index (Phi) is 3.92. The topological polar surface area (TPSA) is 38.9 Å². The maximum atomic E-state index is 6.23. The van der Waals surface area contributed by atoms with E-state index in [4.69, 9.17) is 5.73 Å². The number of aryl methyl sites for hydroxylation is 1. The van der Waals surface area contributed by atoms with Crippen molar-refractivity contribution in [1.29, 1.82) is 0 Å². The summed E-state index contributed by atoms with van der Waals surface area (Å²) in [5, 5.41) is 0. The monoisotopic (exact) mass is 290 g/mol. The van der Waals surface area contributed by atoms with E-state index in [0.29, 0.717) is 0 Å². The summed E-state index contributed by atoms with van der Waals surface area (Å²) in [6.45, 7) is 2.07. The smallest absolute Gasteiger partial charge is 0.0422 e. The van der Waals surface area contributed by atoms with Gasteiger partial charge in [0.05, 0.1) is 0 Å². The molecule has 0 saturated carbocycles. The molecule has 0 amide bonds. The number of rotatable bonds is 3. The Bertz CT molecular complexity index is 497. The van der Waals surface area contributed by atoms with E-state index in [9.17, 15) is 0 Å². The predicted molar refractivity (Wildman–Crippen MR) is 73.7 cm³/mol. The van der Waals surface area contributed by atoms with E-state index in [1.54, 1.807) is 6.20 Å². The second kappa shape index (κ2) is 5.43. The van der Waals surface area contributed by atoms with Gasteiger partial charge in [0.2, 0.25) is 0 Å². The minimum absolute atomic E-state index is 0.0285. The minimum atomic E-state index is -0.0285. The summed E-state index contributed by atoms with van der Waals surface area (Å²) in [5.41, 5.74) is 9.59. The molecule has 0 radical (unpaired) electrons. The molecule has 0 bridgehead atoms. The molecule has 2 rings (SSSR count). The number of hydrogen-bond donors (Lipinski definition) is 1. The molecule has 2 nitrogen and oxygen atoms in total. The van der Waals surface area contributed by atoms with Crippen molar-refractivity contribution < 1.29 is 0 Å². The molecule has 0 saturated heterocycles. The van der Waals surface area contributed by atoms with E-state index in [-0.39, 0.29) is 6.04 Å². The molecule has 1 aromatic heterocycles. The van der Waals surface area contributed by atoms with Gasteiger partial charge in [0.15, 0.2) is 0 Å². The number of pyridine rings is 1. The van der Waals surface area contributed by atoms with Crippen molar-refractivity contribution in [3.63, 3.8) is 0 Å². The van der Waals surface area contributed by atoms with Gasteiger partial charge in [-0.15, -0.1) is 0 Å². The van der Waals surface area contributed by atoms with E-state index in [1.807, 2.05) is 24.3 Å². The van der Waals surface area contributed by atoms with Gasteiger partial charge in [-0.2, -0.15) is 0 Å². The van der Waals surface area contributed by atoms with Crippen LogP contribution in [0.5, 0.6) is 0 Å². The van der Waals surface area contributed by atoms with Crippen LogP contribution in [0.2, 0.25) is 0 Å².